The number of hydrogen-bond acceptors (Lipinski definition) is 7. The van der Waals surface area contributed by atoms with Crippen LogP contribution >= 0.6 is 0 Å². The van der Waals surface area contributed by atoms with E-state index in [1.807, 2.05) is 30.0 Å². The first-order valence-corrected chi connectivity index (χ1v) is 13.6. The van der Waals surface area contributed by atoms with E-state index in [4.69, 9.17) is 10.00 Å². The number of nitrogens with zero attached hydrogens (tertiary/aromatic N) is 6. The van der Waals surface area contributed by atoms with Gasteiger partial charge in [-0.05, 0) is 49.7 Å². The van der Waals surface area contributed by atoms with Gasteiger partial charge in [0.1, 0.15) is 23.4 Å². The molecule has 1 aliphatic rings. The van der Waals surface area contributed by atoms with Gasteiger partial charge < -0.3 is 15.0 Å². The molecule has 11 heteroatoms. The van der Waals surface area contributed by atoms with E-state index in [9.17, 15) is 14.4 Å². The van der Waals surface area contributed by atoms with Crippen LogP contribution in [0, 0.1) is 23.2 Å². The van der Waals surface area contributed by atoms with Gasteiger partial charge in [-0.15, -0.1) is 0 Å². The van der Waals surface area contributed by atoms with Gasteiger partial charge in [0.2, 0.25) is 12.2 Å². The van der Waals surface area contributed by atoms with E-state index in [2.05, 4.69) is 22.2 Å². The van der Waals surface area contributed by atoms with Crippen LogP contribution in [-0.4, -0.2) is 73.9 Å². The largest absolute Gasteiger partial charge is 0.444 e. The number of aromatic nitrogens is 3. The first-order valence-electron chi connectivity index (χ1n) is 13.6. The maximum absolute atomic E-state index is 13.9. The lowest BCUT2D eigenvalue weighted by atomic mass is 9.87. The molecule has 0 spiro atoms. The van der Waals surface area contributed by atoms with Crippen molar-refractivity contribution < 1.29 is 23.7 Å². The van der Waals surface area contributed by atoms with Crippen LogP contribution in [0.15, 0.2) is 48.9 Å². The number of carbonyl (C=O) groups excluding carboxylic acids is 3. The van der Waals surface area contributed by atoms with Crippen LogP contribution in [0.2, 0.25) is 0 Å². The molecule has 214 valence electrons. The molecule has 11 nitrogen and oxygen atoms in total. The van der Waals surface area contributed by atoms with Crippen molar-refractivity contribution in [2.24, 2.45) is 11.8 Å². The molecule has 3 atom stereocenters. The molecular weight excluding hydrogens is 522 g/mol. The Kier molecular flexibility index (Phi) is 8.81. The Balaban J connectivity index is 1.65. The summed E-state index contributed by atoms with van der Waals surface area (Å²) in [5.74, 6) is 0.433. The maximum Gasteiger partial charge on any atom is 0.408 e. The van der Waals surface area contributed by atoms with Gasteiger partial charge in [0.15, 0.2) is 5.65 Å². The van der Waals surface area contributed by atoms with Gasteiger partial charge in [-0.2, -0.15) is 10.2 Å². The summed E-state index contributed by atoms with van der Waals surface area (Å²) in [5.41, 5.74) is 0.273. The van der Waals surface area contributed by atoms with E-state index < -0.39 is 23.6 Å². The van der Waals surface area contributed by atoms with Gasteiger partial charge in [0, 0.05) is 25.2 Å². The van der Waals surface area contributed by atoms with Gasteiger partial charge in [-0.25, -0.2) is 9.37 Å². The smallest absolute Gasteiger partial charge is 0.408 e. The van der Waals surface area contributed by atoms with Crippen LogP contribution in [0.25, 0.3) is 11.0 Å². The van der Waals surface area contributed by atoms with Gasteiger partial charge in [-0.3, -0.25) is 14.2 Å². The number of nitriles is 1. The molecule has 0 aliphatic carbocycles. The maximum atomic E-state index is 13.9. The molecule has 3 heterocycles. The first-order chi connectivity index (χ1) is 19.5. The summed E-state index contributed by atoms with van der Waals surface area (Å²) in [5, 5.41) is 12.3. The molecule has 2 amide bonds. The average Bonchev–Trinajstić information content (AvgIpc) is 3.36. The van der Waals surface area contributed by atoms with Crippen LogP contribution in [0.1, 0.15) is 56.9 Å². The van der Waals surface area contributed by atoms with E-state index in [0.29, 0.717) is 41.4 Å². The molecule has 3 aromatic rings. The zero-order chi connectivity index (χ0) is 29.7. The SMILES string of the molecule is C[C@@H]1CCN(C(=O)CC#N)CC1/C=[N+](/C)c1ncnc2c1ccn2C(=O)[C@@H](NC(=O)OC(C)(C)C)c1ccccc1. The number of carbonyl (C=O) groups is 3. The number of rotatable bonds is 6. The monoisotopic (exact) mass is 558 g/mol. The number of ether oxygens (including phenoxy) is 1. The quantitative estimate of drug-likeness (QED) is 0.356. The van der Waals surface area contributed by atoms with E-state index in [1.54, 1.807) is 62.2 Å². The number of hydrogen-bond donors (Lipinski definition) is 1. The Morgan fingerprint density at radius 3 is 2.63 bits per heavy atom. The Labute approximate surface area is 239 Å². The highest BCUT2D eigenvalue weighted by atomic mass is 16.6. The minimum atomic E-state index is -1.01. The molecule has 0 radical (unpaired) electrons. The fourth-order valence-corrected chi connectivity index (χ4v) is 4.95. The zero-order valence-electron chi connectivity index (χ0n) is 24.1. The first kappa shape index (κ1) is 29.4. The number of piperidine rings is 1. The minimum Gasteiger partial charge on any atom is -0.444 e. The number of fused-ring (bicyclic) bond motifs is 1. The highest BCUT2D eigenvalue weighted by Crippen LogP contribution is 2.27. The predicted octanol–water partition coefficient (Wildman–Crippen LogP) is 4.08. The highest BCUT2D eigenvalue weighted by Gasteiger charge is 2.31. The summed E-state index contributed by atoms with van der Waals surface area (Å²) in [6.07, 6.45) is 5.06. The van der Waals surface area contributed by atoms with Gasteiger partial charge in [0.05, 0.1) is 19.3 Å². The molecule has 1 saturated heterocycles. The Bertz CT molecular complexity index is 1500. The molecule has 0 bridgehead atoms. The third kappa shape index (κ3) is 6.95. The number of alkyl carbamates (subject to hydrolysis) is 1. The lowest BCUT2D eigenvalue weighted by molar-refractivity contribution is -0.405. The third-order valence-corrected chi connectivity index (χ3v) is 7.09. The molecule has 1 fully saturated rings. The molecule has 1 aromatic carbocycles. The number of nitrogens with one attached hydrogen (secondary N) is 1. The second-order valence-corrected chi connectivity index (χ2v) is 11.3. The summed E-state index contributed by atoms with van der Waals surface area (Å²) in [6, 6.07) is 11.7. The third-order valence-electron chi connectivity index (χ3n) is 7.09. The fourth-order valence-electron chi connectivity index (χ4n) is 4.95. The van der Waals surface area contributed by atoms with Crippen LogP contribution in [0.5, 0.6) is 0 Å². The van der Waals surface area contributed by atoms with Crippen molar-refractivity contribution in [1.82, 2.24) is 24.8 Å². The molecule has 4 rings (SSSR count). The Morgan fingerprint density at radius 1 is 1.22 bits per heavy atom. The van der Waals surface area contributed by atoms with E-state index in [1.165, 1.54) is 10.9 Å². The average molecular weight is 559 g/mol. The van der Waals surface area contributed by atoms with E-state index in [0.717, 1.165) is 6.42 Å². The summed E-state index contributed by atoms with van der Waals surface area (Å²) in [4.78, 5) is 49.5. The summed E-state index contributed by atoms with van der Waals surface area (Å²) in [7, 11) is 1.88. The predicted molar refractivity (Wildman–Crippen MR) is 153 cm³/mol. The second kappa shape index (κ2) is 12.3. The highest BCUT2D eigenvalue weighted by molar-refractivity contribution is 5.97. The van der Waals surface area contributed by atoms with Gasteiger partial charge in [0.25, 0.3) is 5.91 Å². The van der Waals surface area contributed by atoms with Crippen molar-refractivity contribution in [3.05, 3.63) is 54.5 Å². The Hall–Kier alpha value is -4.59. The number of benzene rings is 1. The van der Waals surface area contributed by atoms with Crippen LogP contribution in [0.4, 0.5) is 10.6 Å². The van der Waals surface area contributed by atoms with E-state index in [-0.39, 0.29) is 18.2 Å². The molecular formula is C30H36N7O4+. The summed E-state index contributed by atoms with van der Waals surface area (Å²) in [6.45, 7) is 8.58. The van der Waals surface area contributed by atoms with Crippen molar-refractivity contribution in [3.63, 3.8) is 0 Å². The molecule has 2 aromatic heterocycles. The van der Waals surface area contributed by atoms with Crippen molar-refractivity contribution >= 4 is 41.0 Å². The molecule has 0 saturated carbocycles. The fraction of sp³-hybridized carbons (Fsp3) is 0.433. The standard InChI is InChI=1S/C30H35N7O4/c1-20-12-15-36(24(38)11-14-31)18-22(20)17-35(5)26-23-13-16-37(27(23)33-19-32-26)28(39)25(21-9-7-6-8-10-21)34-29(40)41-30(2,3)4/h6-10,13,16-17,19-20,22,25H,11-12,15,18H2,1-5H3/p+1/b35-17-/t20-,22?,25+/m1/s1. The Morgan fingerprint density at radius 2 is 1.95 bits per heavy atom. The van der Waals surface area contributed by atoms with Crippen molar-refractivity contribution in [3.8, 4) is 6.07 Å². The van der Waals surface area contributed by atoms with Crippen LogP contribution in [-0.2, 0) is 9.53 Å². The normalized spacial score (nSPS) is 18.4. The van der Waals surface area contributed by atoms with Crippen LogP contribution < -0.4 is 5.32 Å². The lowest BCUT2D eigenvalue weighted by Crippen LogP contribution is -2.44. The summed E-state index contributed by atoms with van der Waals surface area (Å²) >= 11 is 0. The van der Waals surface area contributed by atoms with Crippen molar-refractivity contribution in [1.29, 1.82) is 5.26 Å². The summed E-state index contributed by atoms with van der Waals surface area (Å²) < 4.78 is 8.73. The number of amides is 2. The van der Waals surface area contributed by atoms with E-state index >= 15 is 0 Å². The zero-order valence-corrected chi connectivity index (χ0v) is 24.1. The number of likely N-dealkylation sites (tertiary alicyclic amines) is 1. The molecule has 41 heavy (non-hydrogen) atoms. The molecule has 1 unspecified atom stereocenters. The topological polar surface area (TPSA) is 133 Å². The van der Waals surface area contributed by atoms with Crippen molar-refractivity contribution in [2.75, 3.05) is 20.1 Å². The second-order valence-electron chi connectivity index (χ2n) is 11.3. The lowest BCUT2D eigenvalue weighted by Gasteiger charge is -2.34. The van der Waals surface area contributed by atoms with Gasteiger partial charge in [-0.1, -0.05) is 37.3 Å². The van der Waals surface area contributed by atoms with Crippen molar-refractivity contribution in [2.45, 2.75) is 52.2 Å². The molecule has 1 aliphatic heterocycles. The minimum absolute atomic E-state index is 0.0608. The van der Waals surface area contributed by atoms with Gasteiger partial charge >= 0.3 is 11.9 Å². The van der Waals surface area contributed by atoms with Crippen LogP contribution in [0.3, 0.4) is 0 Å². The molecule has 1 N–H and O–H groups in total.